The van der Waals surface area contributed by atoms with E-state index in [1.807, 2.05) is 13.8 Å². The van der Waals surface area contributed by atoms with E-state index in [9.17, 15) is 9.59 Å². The van der Waals surface area contributed by atoms with Crippen LogP contribution in [0.4, 0.5) is 0 Å². The van der Waals surface area contributed by atoms with Gasteiger partial charge < -0.3 is 10.1 Å². The van der Waals surface area contributed by atoms with E-state index in [0.29, 0.717) is 12.6 Å². The summed E-state index contributed by atoms with van der Waals surface area (Å²) >= 11 is 0. The molecule has 1 aliphatic heterocycles. The Morgan fingerprint density at radius 2 is 2.10 bits per heavy atom. The van der Waals surface area contributed by atoms with E-state index in [1.165, 1.54) is 13.5 Å². The average Bonchev–Trinajstić information content (AvgIpc) is 2.45. The number of ether oxygens (including phenoxy) is 1. The number of nitrogens with one attached hydrogen (secondary N) is 1. The lowest BCUT2D eigenvalue weighted by Crippen LogP contribution is -2.51. The van der Waals surface area contributed by atoms with Gasteiger partial charge >= 0.3 is 5.97 Å². The summed E-state index contributed by atoms with van der Waals surface area (Å²) in [5.41, 5.74) is 0. The molecule has 3 unspecified atom stereocenters. The third-order valence-corrected chi connectivity index (χ3v) is 4.27. The molecule has 0 bridgehead atoms. The first kappa shape index (κ1) is 17.0. The van der Waals surface area contributed by atoms with Crippen LogP contribution in [-0.2, 0) is 14.3 Å². The molecule has 0 saturated carbocycles. The number of nitrogens with zero attached hydrogens (tertiary/aromatic N) is 1. The summed E-state index contributed by atoms with van der Waals surface area (Å²) in [7, 11) is 1.36. The summed E-state index contributed by atoms with van der Waals surface area (Å²) in [6, 6.07) is -0.104. The second-order valence-electron chi connectivity index (χ2n) is 5.77. The summed E-state index contributed by atoms with van der Waals surface area (Å²) in [6.45, 7) is 7.43. The van der Waals surface area contributed by atoms with E-state index in [-0.39, 0.29) is 17.8 Å². The van der Waals surface area contributed by atoms with Crippen molar-refractivity contribution < 1.29 is 14.3 Å². The predicted molar refractivity (Wildman–Crippen MR) is 78.3 cm³/mol. The van der Waals surface area contributed by atoms with Gasteiger partial charge in [0.15, 0.2) is 0 Å². The van der Waals surface area contributed by atoms with Gasteiger partial charge in [0.2, 0.25) is 5.91 Å². The number of likely N-dealkylation sites (tertiary alicyclic amines) is 1. The Labute approximate surface area is 122 Å². The fourth-order valence-corrected chi connectivity index (χ4v) is 2.59. The Balaban J connectivity index is 2.54. The van der Waals surface area contributed by atoms with Crippen LogP contribution in [0.25, 0.3) is 0 Å². The van der Waals surface area contributed by atoms with E-state index >= 15 is 0 Å². The monoisotopic (exact) mass is 284 g/mol. The molecular weight excluding hydrogens is 256 g/mol. The molecule has 1 fully saturated rings. The maximum absolute atomic E-state index is 12.1. The topological polar surface area (TPSA) is 58.6 Å². The number of methoxy groups -OCH3 is 1. The van der Waals surface area contributed by atoms with Crippen LogP contribution >= 0.6 is 0 Å². The van der Waals surface area contributed by atoms with E-state index in [4.69, 9.17) is 4.74 Å². The third-order valence-electron chi connectivity index (χ3n) is 4.27. The van der Waals surface area contributed by atoms with Crippen molar-refractivity contribution in [1.82, 2.24) is 10.2 Å². The molecule has 0 spiro atoms. The van der Waals surface area contributed by atoms with Crippen molar-refractivity contribution in [1.29, 1.82) is 0 Å². The highest BCUT2D eigenvalue weighted by atomic mass is 16.5. The number of esters is 1. The van der Waals surface area contributed by atoms with Crippen molar-refractivity contribution in [2.24, 2.45) is 5.92 Å². The van der Waals surface area contributed by atoms with Crippen molar-refractivity contribution in [3.05, 3.63) is 0 Å². The molecule has 1 aliphatic rings. The zero-order chi connectivity index (χ0) is 15.1. The van der Waals surface area contributed by atoms with Crippen molar-refractivity contribution in [3.63, 3.8) is 0 Å². The second-order valence-corrected chi connectivity index (χ2v) is 5.77. The first-order valence-electron chi connectivity index (χ1n) is 7.60. The Morgan fingerprint density at radius 3 is 2.65 bits per heavy atom. The van der Waals surface area contributed by atoms with Crippen LogP contribution in [0.5, 0.6) is 0 Å². The van der Waals surface area contributed by atoms with Gasteiger partial charge in [0.05, 0.1) is 13.7 Å². The van der Waals surface area contributed by atoms with Gasteiger partial charge in [-0.15, -0.1) is 0 Å². The summed E-state index contributed by atoms with van der Waals surface area (Å²) < 4.78 is 4.78. The third kappa shape index (κ3) is 4.78. The average molecular weight is 284 g/mol. The lowest BCUT2D eigenvalue weighted by Gasteiger charge is -2.33. The molecule has 1 N–H and O–H groups in total. The predicted octanol–water partition coefficient (Wildman–Crippen LogP) is 1.56. The van der Waals surface area contributed by atoms with Crippen LogP contribution in [0.1, 0.15) is 46.5 Å². The van der Waals surface area contributed by atoms with Gasteiger partial charge in [0.25, 0.3) is 0 Å². The van der Waals surface area contributed by atoms with Crippen molar-refractivity contribution in [2.75, 3.05) is 20.2 Å². The quantitative estimate of drug-likeness (QED) is 0.752. The molecule has 1 saturated heterocycles. The minimum absolute atomic E-state index is 0.0742. The summed E-state index contributed by atoms with van der Waals surface area (Å²) in [4.78, 5) is 26.1. The molecule has 0 radical (unpaired) electrons. The van der Waals surface area contributed by atoms with E-state index in [2.05, 4.69) is 17.1 Å². The Bertz CT molecular complexity index is 333. The number of carbonyl (C=O) groups is 2. The lowest BCUT2D eigenvalue weighted by atomic mass is 9.99. The van der Waals surface area contributed by atoms with Gasteiger partial charge in [-0.1, -0.05) is 26.7 Å². The highest BCUT2D eigenvalue weighted by molar-refractivity contribution is 5.85. The molecule has 5 heteroatoms. The molecular formula is C15H28N2O3. The summed E-state index contributed by atoms with van der Waals surface area (Å²) in [5, 5.41) is 2.83. The SMILES string of the molecule is CCC(C)C(NC(=O)CN1CCCCC1C)C(=O)OC. The van der Waals surface area contributed by atoms with E-state index in [1.54, 1.807) is 0 Å². The molecule has 5 nitrogen and oxygen atoms in total. The van der Waals surface area contributed by atoms with Crippen LogP contribution in [0.2, 0.25) is 0 Å². The van der Waals surface area contributed by atoms with Gasteiger partial charge in [-0.3, -0.25) is 9.69 Å². The van der Waals surface area contributed by atoms with Crippen LogP contribution in [0.15, 0.2) is 0 Å². The highest BCUT2D eigenvalue weighted by Gasteiger charge is 2.28. The molecule has 1 heterocycles. The van der Waals surface area contributed by atoms with Crippen LogP contribution < -0.4 is 5.32 Å². The number of carbonyl (C=O) groups excluding carboxylic acids is 2. The Kier molecular flexibility index (Phi) is 6.99. The number of amides is 1. The fraction of sp³-hybridized carbons (Fsp3) is 0.867. The van der Waals surface area contributed by atoms with E-state index < -0.39 is 6.04 Å². The molecule has 116 valence electrons. The maximum atomic E-state index is 12.1. The van der Waals surface area contributed by atoms with Gasteiger partial charge in [-0.05, 0) is 32.2 Å². The molecule has 1 amide bonds. The molecule has 3 atom stereocenters. The zero-order valence-corrected chi connectivity index (χ0v) is 13.1. The second kappa shape index (κ2) is 8.25. The number of hydrogen-bond donors (Lipinski definition) is 1. The van der Waals surface area contributed by atoms with Crippen LogP contribution in [0.3, 0.4) is 0 Å². The normalized spacial score (nSPS) is 22.9. The van der Waals surface area contributed by atoms with Crippen LogP contribution in [0, 0.1) is 5.92 Å². The Hall–Kier alpha value is -1.10. The van der Waals surface area contributed by atoms with E-state index in [0.717, 1.165) is 25.8 Å². The fourth-order valence-electron chi connectivity index (χ4n) is 2.59. The zero-order valence-electron chi connectivity index (χ0n) is 13.1. The number of rotatable bonds is 6. The largest absolute Gasteiger partial charge is 0.467 e. The summed E-state index contributed by atoms with van der Waals surface area (Å²) in [6.07, 6.45) is 4.33. The standard InChI is InChI=1S/C15H28N2O3/c1-5-11(2)14(15(19)20-4)16-13(18)10-17-9-7-6-8-12(17)3/h11-12,14H,5-10H2,1-4H3,(H,16,18). The summed E-state index contributed by atoms with van der Waals surface area (Å²) in [5.74, 6) is -0.376. The van der Waals surface area contributed by atoms with Gasteiger partial charge in [-0.2, -0.15) is 0 Å². The number of piperidine rings is 1. The maximum Gasteiger partial charge on any atom is 0.328 e. The van der Waals surface area contributed by atoms with Gasteiger partial charge in [0, 0.05) is 6.04 Å². The number of hydrogen-bond acceptors (Lipinski definition) is 4. The van der Waals surface area contributed by atoms with Crippen molar-refractivity contribution in [2.45, 2.75) is 58.5 Å². The first-order chi connectivity index (χ1) is 9.49. The minimum Gasteiger partial charge on any atom is -0.467 e. The van der Waals surface area contributed by atoms with Crippen molar-refractivity contribution in [3.8, 4) is 0 Å². The molecule has 20 heavy (non-hydrogen) atoms. The van der Waals surface area contributed by atoms with Crippen LogP contribution in [-0.4, -0.2) is 49.1 Å². The highest BCUT2D eigenvalue weighted by Crippen LogP contribution is 2.16. The smallest absolute Gasteiger partial charge is 0.328 e. The Morgan fingerprint density at radius 1 is 1.40 bits per heavy atom. The molecule has 0 aromatic heterocycles. The first-order valence-corrected chi connectivity index (χ1v) is 7.60. The molecule has 1 rings (SSSR count). The molecule has 0 aromatic carbocycles. The van der Waals surface area contributed by atoms with Gasteiger partial charge in [0.1, 0.15) is 6.04 Å². The lowest BCUT2D eigenvalue weighted by molar-refractivity contribution is -0.146. The minimum atomic E-state index is -0.544. The molecule has 0 aromatic rings. The van der Waals surface area contributed by atoms with Gasteiger partial charge in [-0.25, -0.2) is 4.79 Å². The van der Waals surface area contributed by atoms with Crippen molar-refractivity contribution >= 4 is 11.9 Å². The molecule has 0 aliphatic carbocycles.